The Morgan fingerprint density at radius 1 is 1.28 bits per heavy atom. The average Bonchev–Trinajstić information content (AvgIpc) is 2.27. The van der Waals surface area contributed by atoms with E-state index in [9.17, 15) is 9.18 Å². The van der Waals surface area contributed by atoms with Crippen LogP contribution in [0.25, 0.3) is 11.4 Å². The number of hydrogen-bond acceptors (Lipinski definition) is 3. The molecule has 0 spiro atoms. The van der Waals surface area contributed by atoms with Crippen molar-refractivity contribution >= 4 is 5.97 Å². The third-order valence-electron chi connectivity index (χ3n) is 2.47. The van der Waals surface area contributed by atoms with E-state index in [4.69, 9.17) is 5.11 Å². The quantitative estimate of drug-likeness (QED) is 0.884. The van der Waals surface area contributed by atoms with Gasteiger partial charge in [0.25, 0.3) is 0 Å². The number of nitrogens with zero attached hydrogens (tertiary/aromatic N) is 2. The molecule has 5 heteroatoms. The molecule has 1 aromatic heterocycles. The summed E-state index contributed by atoms with van der Waals surface area (Å²) in [4.78, 5) is 19.0. The highest BCUT2D eigenvalue weighted by Gasteiger charge is 2.12. The normalized spacial score (nSPS) is 10.4. The summed E-state index contributed by atoms with van der Waals surface area (Å²) in [6.45, 7) is 3.36. The van der Waals surface area contributed by atoms with Gasteiger partial charge in [0, 0.05) is 17.3 Å². The van der Waals surface area contributed by atoms with E-state index in [2.05, 4.69) is 9.97 Å². The van der Waals surface area contributed by atoms with Gasteiger partial charge in [-0.25, -0.2) is 19.2 Å². The molecular formula is C13H11FN2O2. The molecule has 0 amide bonds. The third-order valence-corrected chi connectivity index (χ3v) is 2.47. The van der Waals surface area contributed by atoms with Gasteiger partial charge in [-0.1, -0.05) is 0 Å². The maximum atomic E-state index is 13.3. The predicted molar refractivity (Wildman–Crippen MR) is 63.9 cm³/mol. The van der Waals surface area contributed by atoms with Crippen molar-refractivity contribution in [3.8, 4) is 11.4 Å². The number of rotatable bonds is 2. The molecular weight excluding hydrogens is 235 g/mol. The van der Waals surface area contributed by atoms with Crippen LogP contribution in [0.1, 0.15) is 21.6 Å². The van der Waals surface area contributed by atoms with Crippen LogP contribution in [0.4, 0.5) is 4.39 Å². The van der Waals surface area contributed by atoms with Gasteiger partial charge in [0.1, 0.15) is 5.82 Å². The van der Waals surface area contributed by atoms with Crippen LogP contribution in [0.2, 0.25) is 0 Å². The maximum Gasteiger partial charge on any atom is 0.354 e. The fourth-order valence-corrected chi connectivity index (χ4v) is 1.66. The zero-order valence-corrected chi connectivity index (χ0v) is 9.94. The number of carboxylic acid groups (broad SMARTS) is 1. The van der Waals surface area contributed by atoms with Crippen molar-refractivity contribution in [1.29, 1.82) is 0 Å². The van der Waals surface area contributed by atoms with E-state index >= 15 is 0 Å². The fraction of sp³-hybridized carbons (Fsp3) is 0.154. The molecule has 2 aromatic rings. The molecule has 0 aliphatic carbocycles. The Bertz CT molecular complexity index is 606. The molecule has 0 saturated heterocycles. The van der Waals surface area contributed by atoms with Crippen molar-refractivity contribution in [2.75, 3.05) is 0 Å². The monoisotopic (exact) mass is 246 g/mol. The van der Waals surface area contributed by atoms with Gasteiger partial charge in [-0.2, -0.15) is 0 Å². The number of hydrogen-bond donors (Lipinski definition) is 1. The smallest absolute Gasteiger partial charge is 0.354 e. The van der Waals surface area contributed by atoms with E-state index in [0.717, 1.165) is 5.56 Å². The van der Waals surface area contributed by atoms with Crippen LogP contribution in [0.3, 0.4) is 0 Å². The van der Waals surface area contributed by atoms with E-state index in [-0.39, 0.29) is 11.5 Å². The minimum absolute atomic E-state index is 0.0677. The van der Waals surface area contributed by atoms with Crippen LogP contribution in [-0.4, -0.2) is 21.0 Å². The van der Waals surface area contributed by atoms with Crippen molar-refractivity contribution in [3.63, 3.8) is 0 Å². The van der Waals surface area contributed by atoms with Crippen LogP contribution < -0.4 is 0 Å². The van der Waals surface area contributed by atoms with Gasteiger partial charge < -0.3 is 5.11 Å². The minimum Gasteiger partial charge on any atom is -0.477 e. The first-order valence-electron chi connectivity index (χ1n) is 5.32. The standard InChI is InChI=1S/C13H11FN2O2/c1-7-3-9(5-10(14)4-7)12-15-6-8(2)11(16-12)13(17)18/h3-6H,1-2H3,(H,17,18). The average molecular weight is 246 g/mol. The van der Waals surface area contributed by atoms with Crippen LogP contribution in [0, 0.1) is 19.7 Å². The van der Waals surface area contributed by atoms with Gasteiger partial charge in [-0.05, 0) is 37.6 Å². The Labute approximate surface area is 103 Å². The summed E-state index contributed by atoms with van der Waals surface area (Å²) in [5.74, 6) is -1.31. The number of aromatic nitrogens is 2. The van der Waals surface area contributed by atoms with Crippen molar-refractivity contribution in [1.82, 2.24) is 9.97 Å². The zero-order chi connectivity index (χ0) is 13.3. The summed E-state index contributed by atoms with van der Waals surface area (Å²) in [5, 5.41) is 8.98. The summed E-state index contributed by atoms with van der Waals surface area (Å²) >= 11 is 0. The highest BCUT2D eigenvalue weighted by Crippen LogP contribution is 2.19. The van der Waals surface area contributed by atoms with Crippen LogP contribution in [0.5, 0.6) is 0 Å². The molecule has 0 atom stereocenters. The summed E-state index contributed by atoms with van der Waals surface area (Å²) < 4.78 is 13.3. The lowest BCUT2D eigenvalue weighted by atomic mass is 10.1. The summed E-state index contributed by atoms with van der Waals surface area (Å²) in [7, 11) is 0. The molecule has 0 aliphatic heterocycles. The molecule has 4 nitrogen and oxygen atoms in total. The topological polar surface area (TPSA) is 63.1 Å². The Hall–Kier alpha value is -2.30. The first-order valence-corrected chi connectivity index (χ1v) is 5.32. The molecule has 1 heterocycles. The van der Waals surface area contributed by atoms with Crippen LogP contribution in [-0.2, 0) is 0 Å². The number of aryl methyl sites for hydroxylation is 2. The van der Waals surface area contributed by atoms with E-state index in [1.807, 2.05) is 0 Å². The van der Waals surface area contributed by atoms with Crippen molar-refractivity contribution in [2.45, 2.75) is 13.8 Å². The molecule has 2 rings (SSSR count). The molecule has 0 radical (unpaired) electrons. The number of carbonyl (C=O) groups is 1. The summed E-state index contributed by atoms with van der Waals surface area (Å²) in [6.07, 6.45) is 1.42. The molecule has 1 N–H and O–H groups in total. The highest BCUT2D eigenvalue weighted by molar-refractivity contribution is 5.87. The number of halogens is 1. The second-order valence-electron chi connectivity index (χ2n) is 4.05. The molecule has 0 aliphatic rings. The van der Waals surface area contributed by atoms with E-state index in [1.165, 1.54) is 18.3 Å². The number of aromatic carboxylic acids is 1. The molecule has 0 unspecified atom stereocenters. The summed E-state index contributed by atoms with van der Waals surface area (Å²) in [6, 6.07) is 4.37. The van der Waals surface area contributed by atoms with Crippen LogP contribution >= 0.6 is 0 Å². The van der Waals surface area contributed by atoms with E-state index in [1.54, 1.807) is 19.9 Å². The lowest BCUT2D eigenvalue weighted by Gasteiger charge is -2.05. The predicted octanol–water partition coefficient (Wildman–Crippen LogP) is 2.60. The zero-order valence-electron chi connectivity index (χ0n) is 9.94. The Kier molecular flexibility index (Phi) is 3.06. The molecule has 18 heavy (non-hydrogen) atoms. The first-order chi connectivity index (χ1) is 8.47. The second kappa shape index (κ2) is 4.52. The molecule has 1 aromatic carbocycles. The summed E-state index contributed by atoms with van der Waals surface area (Å²) in [5.41, 5.74) is 1.60. The number of benzene rings is 1. The van der Waals surface area contributed by atoms with Gasteiger partial charge in [-0.15, -0.1) is 0 Å². The van der Waals surface area contributed by atoms with E-state index in [0.29, 0.717) is 11.1 Å². The van der Waals surface area contributed by atoms with Gasteiger partial charge in [0.05, 0.1) is 0 Å². The van der Waals surface area contributed by atoms with Crippen LogP contribution in [0.15, 0.2) is 24.4 Å². The van der Waals surface area contributed by atoms with Crippen molar-refractivity contribution in [3.05, 3.63) is 47.0 Å². The maximum absolute atomic E-state index is 13.3. The lowest BCUT2D eigenvalue weighted by Crippen LogP contribution is -2.06. The molecule has 92 valence electrons. The van der Waals surface area contributed by atoms with Gasteiger partial charge in [0.2, 0.25) is 0 Å². The Morgan fingerprint density at radius 2 is 2.00 bits per heavy atom. The van der Waals surface area contributed by atoms with Crippen molar-refractivity contribution < 1.29 is 14.3 Å². The molecule has 0 saturated carbocycles. The first kappa shape index (κ1) is 12.2. The van der Waals surface area contributed by atoms with Crippen molar-refractivity contribution in [2.24, 2.45) is 0 Å². The SMILES string of the molecule is Cc1cc(F)cc(-c2ncc(C)c(C(=O)O)n2)c1. The largest absolute Gasteiger partial charge is 0.477 e. The third kappa shape index (κ3) is 2.34. The van der Waals surface area contributed by atoms with Gasteiger partial charge in [0.15, 0.2) is 11.5 Å². The lowest BCUT2D eigenvalue weighted by molar-refractivity contribution is 0.0689. The van der Waals surface area contributed by atoms with Gasteiger partial charge >= 0.3 is 5.97 Å². The Morgan fingerprint density at radius 3 is 2.61 bits per heavy atom. The molecule has 0 bridgehead atoms. The minimum atomic E-state index is -1.12. The van der Waals surface area contributed by atoms with E-state index < -0.39 is 11.8 Å². The Balaban J connectivity index is 2.57. The fourth-order valence-electron chi connectivity index (χ4n) is 1.66. The number of carboxylic acids is 1. The van der Waals surface area contributed by atoms with Gasteiger partial charge in [-0.3, -0.25) is 0 Å². The molecule has 0 fully saturated rings. The highest BCUT2D eigenvalue weighted by atomic mass is 19.1. The second-order valence-corrected chi connectivity index (χ2v) is 4.05.